The lowest BCUT2D eigenvalue weighted by Crippen LogP contribution is -2.50. The predicted octanol–water partition coefficient (Wildman–Crippen LogP) is -1.48. The Morgan fingerprint density at radius 2 is 1.62 bits per heavy atom. The van der Waals surface area contributed by atoms with E-state index in [0.717, 1.165) is 26.3 Å². The van der Waals surface area contributed by atoms with E-state index in [1.165, 1.54) is 0 Å². The van der Waals surface area contributed by atoms with Crippen molar-refractivity contribution in [1.29, 1.82) is 0 Å². The van der Waals surface area contributed by atoms with E-state index in [9.17, 15) is 0 Å². The van der Waals surface area contributed by atoms with Gasteiger partial charge in [-0.2, -0.15) is 0 Å². The maximum atomic E-state index is 8.81. The Hall–Kier alpha value is -0.200. The van der Waals surface area contributed by atoms with Crippen molar-refractivity contribution in [1.82, 2.24) is 10.0 Å². The summed E-state index contributed by atoms with van der Waals surface area (Å²) in [5.74, 6) is 0. The van der Waals surface area contributed by atoms with E-state index in [1.807, 2.05) is 5.01 Å². The predicted molar refractivity (Wildman–Crippen MR) is 48.1 cm³/mol. The van der Waals surface area contributed by atoms with Crippen LogP contribution < -0.4 is 0 Å². The third-order valence-electron chi connectivity index (χ3n) is 2.10. The average molecular weight is 190 g/mol. The molecule has 1 aliphatic heterocycles. The standard InChI is InChI=1S/C8H18N2O3/c11-5-1-9(2-6-12)10-3-7-13-8-4-10/h11-12H,1-8H2. The topological polar surface area (TPSA) is 56.2 Å². The lowest BCUT2D eigenvalue weighted by Gasteiger charge is -2.36. The van der Waals surface area contributed by atoms with E-state index in [4.69, 9.17) is 14.9 Å². The zero-order valence-corrected chi connectivity index (χ0v) is 7.85. The molecular formula is C8H18N2O3. The minimum Gasteiger partial charge on any atom is -0.395 e. The van der Waals surface area contributed by atoms with Gasteiger partial charge in [-0.15, -0.1) is 0 Å². The summed E-state index contributed by atoms with van der Waals surface area (Å²) >= 11 is 0. The molecular weight excluding hydrogens is 172 g/mol. The second-order valence-corrected chi connectivity index (χ2v) is 2.97. The van der Waals surface area contributed by atoms with Gasteiger partial charge in [0, 0.05) is 26.2 Å². The SMILES string of the molecule is OCCN(CCO)N1CCOCC1. The number of hydrogen-bond acceptors (Lipinski definition) is 5. The molecule has 0 radical (unpaired) electrons. The van der Waals surface area contributed by atoms with Crippen LogP contribution in [0.5, 0.6) is 0 Å². The molecule has 0 aliphatic carbocycles. The van der Waals surface area contributed by atoms with Crippen molar-refractivity contribution in [2.75, 3.05) is 52.6 Å². The molecule has 0 amide bonds. The molecule has 0 saturated carbocycles. The lowest BCUT2D eigenvalue weighted by molar-refractivity contribution is -0.0996. The van der Waals surface area contributed by atoms with Gasteiger partial charge >= 0.3 is 0 Å². The van der Waals surface area contributed by atoms with E-state index in [0.29, 0.717) is 13.1 Å². The zero-order chi connectivity index (χ0) is 9.52. The quantitative estimate of drug-likeness (QED) is 0.554. The molecule has 1 fully saturated rings. The van der Waals surface area contributed by atoms with Crippen molar-refractivity contribution in [2.24, 2.45) is 0 Å². The van der Waals surface area contributed by atoms with Crippen molar-refractivity contribution in [2.45, 2.75) is 0 Å². The molecule has 5 heteroatoms. The van der Waals surface area contributed by atoms with Crippen LogP contribution in [0.1, 0.15) is 0 Å². The first-order chi connectivity index (χ1) is 6.38. The van der Waals surface area contributed by atoms with Crippen LogP contribution >= 0.6 is 0 Å². The summed E-state index contributed by atoms with van der Waals surface area (Å²) in [4.78, 5) is 0. The number of aliphatic hydroxyl groups excluding tert-OH is 2. The minimum atomic E-state index is 0.122. The fourth-order valence-electron chi connectivity index (χ4n) is 1.46. The van der Waals surface area contributed by atoms with Crippen LogP contribution in [0, 0.1) is 0 Å². The van der Waals surface area contributed by atoms with Gasteiger partial charge < -0.3 is 14.9 Å². The molecule has 0 unspecified atom stereocenters. The van der Waals surface area contributed by atoms with E-state index < -0.39 is 0 Å². The van der Waals surface area contributed by atoms with Crippen molar-refractivity contribution in [3.8, 4) is 0 Å². The van der Waals surface area contributed by atoms with Crippen LogP contribution in [0.25, 0.3) is 0 Å². The fourth-order valence-corrected chi connectivity index (χ4v) is 1.46. The van der Waals surface area contributed by atoms with Crippen molar-refractivity contribution in [3.05, 3.63) is 0 Å². The molecule has 0 spiro atoms. The molecule has 0 aromatic carbocycles. The van der Waals surface area contributed by atoms with Gasteiger partial charge in [0.2, 0.25) is 0 Å². The Balaban J connectivity index is 2.32. The van der Waals surface area contributed by atoms with Gasteiger partial charge in [0.05, 0.1) is 26.4 Å². The first kappa shape index (κ1) is 10.9. The van der Waals surface area contributed by atoms with Crippen molar-refractivity contribution >= 4 is 0 Å². The Morgan fingerprint density at radius 1 is 1.08 bits per heavy atom. The first-order valence-corrected chi connectivity index (χ1v) is 4.67. The van der Waals surface area contributed by atoms with Crippen LogP contribution in [0.4, 0.5) is 0 Å². The Kier molecular flexibility index (Phi) is 5.26. The van der Waals surface area contributed by atoms with Crippen LogP contribution in [0.15, 0.2) is 0 Å². The van der Waals surface area contributed by atoms with Gasteiger partial charge in [-0.3, -0.25) is 0 Å². The lowest BCUT2D eigenvalue weighted by atomic mass is 10.4. The van der Waals surface area contributed by atoms with E-state index in [2.05, 4.69) is 5.01 Å². The highest BCUT2D eigenvalue weighted by molar-refractivity contribution is 4.61. The highest BCUT2D eigenvalue weighted by atomic mass is 16.5. The number of hydrogen-bond donors (Lipinski definition) is 2. The summed E-state index contributed by atoms with van der Waals surface area (Å²) in [6.07, 6.45) is 0. The highest BCUT2D eigenvalue weighted by Crippen LogP contribution is 2.01. The molecule has 78 valence electrons. The Morgan fingerprint density at radius 3 is 2.08 bits per heavy atom. The first-order valence-electron chi connectivity index (χ1n) is 4.67. The normalized spacial score (nSPS) is 19.6. The third-order valence-corrected chi connectivity index (χ3v) is 2.10. The molecule has 0 aromatic rings. The molecule has 13 heavy (non-hydrogen) atoms. The second-order valence-electron chi connectivity index (χ2n) is 2.97. The van der Waals surface area contributed by atoms with Crippen LogP contribution in [0.3, 0.4) is 0 Å². The number of hydrazine groups is 1. The number of rotatable bonds is 5. The summed E-state index contributed by atoms with van der Waals surface area (Å²) < 4.78 is 5.21. The van der Waals surface area contributed by atoms with E-state index in [-0.39, 0.29) is 13.2 Å². The largest absolute Gasteiger partial charge is 0.395 e. The molecule has 1 rings (SSSR count). The number of nitrogens with zero attached hydrogens (tertiary/aromatic N) is 2. The Bertz CT molecular complexity index is 123. The summed E-state index contributed by atoms with van der Waals surface area (Å²) in [7, 11) is 0. The molecule has 5 nitrogen and oxygen atoms in total. The van der Waals surface area contributed by atoms with E-state index >= 15 is 0 Å². The van der Waals surface area contributed by atoms with Crippen LogP contribution in [-0.4, -0.2) is 72.8 Å². The number of ether oxygens (including phenoxy) is 1. The second kappa shape index (κ2) is 6.28. The fraction of sp³-hybridized carbons (Fsp3) is 1.00. The molecule has 2 N–H and O–H groups in total. The number of morpholine rings is 1. The van der Waals surface area contributed by atoms with Gasteiger partial charge in [-0.1, -0.05) is 0 Å². The molecule has 0 aromatic heterocycles. The third kappa shape index (κ3) is 3.58. The van der Waals surface area contributed by atoms with Gasteiger partial charge in [0.25, 0.3) is 0 Å². The summed E-state index contributed by atoms with van der Waals surface area (Å²) in [5, 5.41) is 21.7. The summed E-state index contributed by atoms with van der Waals surface area (Å²) in [6, 6.07) is 0. The molecule has 1 saturated heterocycles. The van der Waals surface area contributed by atoms with Gasteiger partial charge in [0.1, 0.15) is 0 Å². The molecule has 1 heterocycles. The summed E-state index contributed by atoms with van der Waals surface area (Å²) in [6.45, 7) is 4.57. The smallest absolute Gasteiger partial charge is 0.0608 e. The van der Waals surface area contributed by atoms with Gasteiger partial charge in [0.15, 0.2) is 0 Å². The van der Waals surface area contributed by atoms with Gasteiger partial charge in [-0.05, 0) is 0 Å². The van der Waals surface area contributed by atoms with Crippen LogP contribution in [0.2, 0.25) is 0 Å². The van der Waals surface area contributed by atoms with Crippen molar-refractivity contribution < 1.29 is 14.9 Å². The van der Waals surface area contributed by atoms with Gasteiger partial charge in [-0.25, -0.2) is 10.0 Å². The molecule has 1 aliphatic rings. The minimum absolute atomic E-state index is 0.122. The maximum Gasteiger partial charge on any atom is 0.0608 e. The highest BCUT2D eigenvalue weighted by Gasteiger charge is 2.16. The maximum absolute atomic E-state index is 8.81. The Labute approximate surface area is 78.5 Å². The number of aliphatic hydroxyl groups is 2. The molecule has 0 bridgehead atoms. The zero-order valence-electron chi connectivity index (χ0n) is 7.85. The monoisotopic (exact) mass is 190 g/mol. The van der Waals surface area contributed by atoms with E-state index in [1.54, 1.807) is 0 Å². The van der Waals surface area contributed by atoms with Crippen molar-refractivity contribution in [3.63, 3.8) is 0 Å². The van der Waals surface area contributed by atoms with Crippen LogP contribution in [-0.2, 0) is 4.74 Å². The average Bonchev–Trinajstić information content (AvgIpc) is 2.19. The summed E-state index contributed by atoms with van der Waals surface area (Å²) in [5.41, 5.74) is 0. The molecule has 0 atom stereocenters.